The number of hydrogen-bond acceptors (Lipinski definition) is 2. The summed E-state index contributed by atoms with van der Waals surface area (Å²) in [5, 5.41) is 6.53. The second-order valence-electron chi connectivity index (χ2n) is 5.67. The Labute approximate surface area is 91.0 Å². The highest BCUT2D eigenvalue weighted by atomic mass is 16.2. The van der Waals surface area contributed by atoms with Gasteiger partial charge >= 0.3 is 0 Å². The van der Waals surface area contributed by atoms with Crippen molar-refractivity contribution in [1.29, 1.82) is 0 Å². The first-order chi connectivity index (χ1) is 7.24. The third-order valence-electron chi connectivity index (χ3n) is 4.46. The maximum atomic E-state index is 12.0. The minimum absolute atomic E-state index is 0.322. The van der Waals surface area contributed by atoms with Crippen LogP contribution in [-0.2, 0) is 4.79 Å². The van der Waals surface area contributed by atoms with E-state index in [2.05, 4.69) is 17.6 Å². The van der Waals surface area contributed by atoms with E-state index < -0.39 is 0 Å². The van der Waals surface area contributed by atoms with E-state index in [1.54, 1.807) is 0 Å². The molecule has 3 heteroatoms. The molecule has 2 N–H and O–H groups in total. The van der Waals surface area contributed by atoms with Gasteiger partial charge in [-0.05, 0) is 43.6 Å². The zero-order chi connectivity index (χ0) is 10.4. The minimum Gasteiger partial charge on any atom is -0.352 e. The van der Waals surface area contributed by atoms with Crippen LogP contribution in [0.15, 0.2) is 0 Å². The van der Waals surface area contributed by atoms with Gasteiger partial charge in [0.05, 0.1) is 0 Å². The van der Waals surface area contributed by atoms with Gasteiger partial charge in [-0.15, -0.1) is 0 Å². The summed E-state index contributed by atoms with van der Waals surface area (Å²) in [7, 11) is 0. The van der Waals surface area contributed by atoms with E-state index in [0.29, 0.717) is 23.8 Å². The molecular weight excluding hydrogens is 188 g/mol. The van der Waals surface area contributed by atoms with Gasteiger partial charge in [0.2, 0.25) is 5.91 Å². The van der Waals surface area contributed by atoms with Crippen LogP contribution in [0.4, 0.5) is 0 Å². The molecule has 3 fully saturated rings. The van der Waals surface area contributed by atoms with Crippen molar-refractivity contribution in [3.8, 4) is 0 Å². The lowest BCUT2D eigenvalue weighted by molar-refractivity contribution is -0.125. The van der Waals surface area contributed by atoms with E-state index in [0.717, 1.165) is 37.8 Å². The third-order valence-corrected chi connectivity index (χ3v) is 4.46. The predicted molar refractivity (Wildman–Crippen MR) is 58.3 cm³/mol. The molecule has 0 radical (unpaired) electrons. The monoisotopic (exact) mass is 208 g/mol. The smallest absolute Gasteiger partial charge is 0.223 e. The Kier molecular flexibility index (Phi) is 2.23. The van der Waals surface area contributed by atoms with Crippen LogP contribution in [0.3, 0.4) is 0 Å². The molecule has 3 aliphatic rings. The zero-order valence-electron chi connectivity index (χ0n) is 9.33. The van der Waals surface area contributed by atoms with Gasteiger partial charge < -0.3 is 10.6 Å². The van der Waals surface area contributed by atoms with Crippen molar-refractivity contribution in [2.75, 3.05) is 13.1 Å². The summed E-state index contributed by atoms with van der Waals surface area (Å²) in [4.78, 5) is 12.0. The van der Waals surface area contributed by atoms with E-state index in [1.807, 2.05) is 0 Å². The van der Waals surface area contributed by atoms with Gasteiger partial charge in [0, 0.05) is 18.5 Å². The molecule has 1 saturated heterocycles. The lowest BCUT2D eigenvalue weighted by Gasteiger charge is -2.19. The summed E-state index contributed by atoms with van der Waals surface area (Å²) in [6.07, 6.45) is 3.71. The molecule has 0 aromatic carbocycles. The molecule has 2 aliphatic carbocycles. The third kappa shape index (κ3) is 1.78. The van der Waals surface area contributed by atoms with Crippen molar-refractivity contribution in [2.45, 2.75) is 32.2 Å². The van der Waals surface area contributed by atoms with Crippen LogP contribution < -0.4 is 10.6 Å². The molecule has 0 aromatic rings. The van der Waals surface area contributed by atoms with Crippen LogP contribution >= 0.6 is 0 Å². The maximum Gasteiger partial charge on any atom is 0.223 e. The predicted octanol–water partition coefficient (Wildman–Crippen LogP) is 0.757. The fourth-order valence-electron chi connectivity index (χ4n) is 3.23. The van der Waals surface area contributed by atoms with Crippen molar-refractivity contribution in [2.24, 2.45) is 23.7 Å². The van der Waals surface area contributed by atoms with Crippen molar-refractivity contribution < 1.29 is 4.79 Å². The highest BCUT2D eigenvalue weighted by Crippen LogP contribution is 2.54. The summed E-state index contributed by atoms with van der Waals surface area (Å²) in [5.74, 6) is 3.05. The summed E-state index contributed by atoms with van der Waals surface area (Å²) in [5.41, 5.74) is 0. The normalized spacial score (nSPS) is 47.7. The zero-order valence-corrected chi connectivity index (χ0v) is 9.33. The highest BCUT2D eigenvalue weighted by molar-refractivity contribution is 5.79. The molecule has 15 heavy (non-hydrogen) atoms. The van der Waals surface area contributed by atoms with Gasteiger partial charge in [0.1, 0.15) is 0 Å². The average Bonchev–Trinajstić information content (AvgIpc) is 2.64. The Balaban J connectivity index is 1.52. The summed E-state index contributed by atoms with van der Waals surface area (Å²) in [6, 6.07) is 0.370. The van der Waals surface area contributed by atoms with E-state index in [9.17, 15) is 4.79 Å². The molecule has 0 spiro atoms. The molecule has 2 saturated carbocycles. The fourth-order valence-corrected chi connectivity index (χ4v) is 3.23. The Bertz CT molecular complexity index is 269. The first kappa shape index (κ1) is 9.64. The molecule has 3 nitrogen and oxygen atoms in total. The number of hydrogen-bond donors (Lipinski definition) is 2. The van der Waals surface area contributed by atoms with Gasteiger partial charge in [-0.25, -0.2) is 0 Å². The van der Waals surface area contributed by atoms with E-state index in [4.69, 9.17) is 0 Å². The van der Waals surface area contributed by atoms with Gasteiger partial charge in [-0.2, -0.15) is 0 Å². The van der Waals surface area contributed by atoms with Crippen molar-refractivity contribution in [1.82, 2.24) is 10.6 Å². The Morgan fingerprint density at radius 2 is 1.93 bits per heavy atom. The van der Waals surface area contributed by atoms with Crippen LogP contribution in [0.1, 0.15) is 26.2 Å². The first-order valence-corrected chi connectivity index (χ1v) is 6.25. The lowest BCUT2D eigenvalue weighted by Crippen LogP contribution is -2.42. The molecule has 3 rings (SSSR count). The molecule has 1 aliphatic heterocycles. The summed E-state index contributed by atoms with van der Waals surface area (Å²) >= 11 is 0. The van der Waals surface area contributed by atoms with Crippen LogP contribution in [0.2, 0.25) is 0 Å². The molecular formula is C12H20N2O. The molecule has 4 unspecified atom stereocenters. The van der Waals surface area contributed by atoms with E-state index >= 15 is 0 Å². The molecule has 84 valence electrons. The van der Waals surface area contributed by atoms with Crippen molar-refractivity contribution in [3.05, 3.63) is 0 Å². The Hall–Kier alpha value is -0.570. The number of nitrogens with one attached hydrogen (secondary N) is 2. The SMILES string of the molecule is CC1CNCC1NC(=O)C1CC2CC2C1. The standard InChI is InChI=1S/C12H20N2O/c1-7-5-13-6-11(7)14-12(15)10-3-8-2-9(8)4-10/h7-11,13H,2-6H2,1H3,(H,14,15). The minimum atomic E-state index is 0.322. The second-order valence-corrected chi connectivity index (χ2v) is 5.67. The van der Waals surface area contributed by atoms with E-state index in [-0.39, 0.29) is 0 Å². The quantitative estimate of drug-likeness (QED) is 0.703. The first-order valence-electron chi connectivity index (χ1n) is 6.25. The second kappa shape index (κ2) is 3.48. The lowest BCUT2D eigenvalue weighted by atomic mass is 10.0. The van der Waals surface area contributed by atoms with Gasteiger partial charge in [-0.3, -0.25) is 4.79 Å². The highest BCUT2D eigenvalue weighted by Gasteiger charge is 2.48. The maximum absolute atomic E-state index is 12.0. The van der Waals surface area contributed by atoms with E-state index in [1.165, 1.54) is 6.42 Å². The fraction of sp³-hybridized carbons (Fsp3) is 0.917. The topological polar surface area (TPSA) is 41.1 Å². The average molecular weight is 208 g/mol. The van der Waals surface area contributed by atoms with Crippen LogP contribution in [0, 0.1) is 23.7 Å². The Morgan fingerprint density at radius 1 is 1.20 bits per heavy atom. The Morgan fingerprint density at radius 3 is 2.53 bits per heavy atom. The largest absolute Gasteiger partial charge is 0.352 e. The van der Waals surface area contributed by atoms with Gasteiger partial charge in [0.25, 0.3) is 0 Å². The number of amides is 1. The number of fused-ring (bicyclic) bond motifs is 1. The summed E-state index contributed by atoms with van der Waals surface area (Å²) < 4.78 is 0. The van der Waals surface area contributed by atoms with Gasteiger partial charge in [-0.1, -0.05) is 6.92 Å². The van der Waals surface area contributed by atoms with Crippen molar-refractivity contribution >= 4 is 5.91 Å². The number of rotatable bonds is 2. The number of carbonyl (C=O) groups excluding carboxylic acids is 1. The molecule has 4 atom stereocenters. The molecule has 1 heterocycles. The van der Waals surface area contributed by atoms with Crippen LogP contribution in [-0.4, -0.2) is 25.0 Å². The molecule has 1 amide bonds. The van der Waals surface area contributed by atoms with Crippen molar-refractivity contribution in [3.63, 3.8) is 0 Å². The van der Waals surface area contributed by atoms with Gasteiger partial charge in [0.15, 0.2) is 0 Å². The molecule has 0 bridgehead atoms. The van der Waals surface area contributed by atoms with Crippen LogP contribution in [0.5, 0.6) is 0 Å². The summed E-state index contributed by atoms with van der Waals surface area (Å²) in [6.45, 7) is 4.20. The molecule has 0 aromatic heterocycles. The van der Waals surface area contributed by atoms with Crippen LogP contribution in [0.25, 0.3) is 0 Å². The number of carbonyl (C=O) groups is 1.